The molecule has 1 fully saturated rings. The fraction of sp³-hybridized carbons (Fsp3) is 0.357. The van der Waals surface area contributed by atoms with Gasteiger partial charge in [0.05, 0.1) is 21.2 Å². The number of sulfonamides is 1. The smallest absolute Gasteiger partial charge is 0.326 e. The highest BCUT2D eigenvalue weighted by Gasteiger charge is 2.44. The third-order valence-electron chi connectivity index (χ3n) is 4.30. The average Bonchev–Trinajstić information content (AvgIpc) is 2.91. The van der Waals surface area contributed by atoms with Crippen molar-refractivity contribution >= 4 is 26.9 Å². The molecular formula is C14H15N3O6S. The molecule has 3 N–H and O–H groups in total. The number of aliphatic carboxylic acids is 1. The van der Waals surface area contributed by atoms with Crippen LogP contribution in [0, 0.1) is 5.41 Å². The van der Waals surface area contributed by atoms with Crippen molar-refractivity contribution in [1.29, 1.82) is 0 Å². The van der Waals surface area contributed by atoms with Gasteiger partial charge in [0.25, 0.3) is 5.56 Å². The fourth-order valence-electron chi connectivity index (χ4n) is 2.75. The number of aromatic amines is 2. The second kappa shape index (κ2) is 5.28. The van der Waals surface area contributed by atoms with E-state index in [0.717, 1.165) is 4.31 Å². The Morgan fingerprint density at radius 2 is 2.00 bits per heavy atom. The monoisotopic (exact) mass is 353 g/mol. The van der Waals surface area contributed by atoms with Gasteiger partial charge in [-0.05, 0) is 31.5 Å². The summed E-state index contributed by atoms with van der Waals surface area (Å²) < 4.78 is 26.5. The van der Waals surface area contributed by atoms with Crippen molar-refractivity contribution in [2.24, 2.45) is 5.41 Å². The van der Waals surface area contributed by atoms with E-state index in [4.69, 9.17) is 0 Å². The zero-order valence-electron chi connectivity index (χ0n) is 12.7. The van der Waals surface area contributed by atoms with E-state index in [-0.39, 0.29) is 35.3 Å². The maximum Gasteiger partial charge on any atom is 0.326 e. The van der Waals surface area contributed by atoms with E-state index in [9.17, 15) is 27.9 Å². The standard InChI is InChI=1S/C14H15N3O6S/c1-14(12(19)20)4-5-17(7-14)24(22,23)8-2-3-10-9(6-8)11(18)16-13(21)15-10/h2-3,6H,4-5,7H2,1H3,(H,19,20)(H2,15,16,18,21). The molecule has 24 heavy (non-hydrogen) atoms. The van der Waals surface area contributed by atoms with Gasteiger partial charge in [-0.1, -0.05) is 0 Å². The molecule has 0 aliphatic carbocycles. The lowest BCUT2D eigenvalue weighted by atomic mass is 9.90. The second-order valence-electron chi connectivity index (χ2n) is 6.07. The third-order valence-corrected chi connectivity index (χ3v) is 6.14. The first-order valence-corrected chi connectivity index (χ1v) is 8.57. The Morgan fingerprint density at radius 1 is 1.29 bits per heavy atom. The Balaban J connectivity index is 2.05. The molecule has 1 aromatic carbocycles. The Bertz CT molecular complexity index is 1050. The summed E-state index contributed by atoms with van der Waals surface area (Å²) in [6, 6.07) is 3.80. The number of carboxylic acid groups (broad SMARTS) is 1. The van der Waals surface area contributed by atoms with Gasteiger partial charge in [0.1, 0.15) is 0 Å². The molecule has 0 bridgehead atoms. The number of nitrogens with one attached hydrogen (secondary N) is 2. The number of carboxylic acids is 1. The topological polar surface area (TPSA) is 140 Å². The van der Waals surface area contributed by atoms with Crippen LogP contribution in [0.15, 0.2) is 32.7 Å². The van der Waals surface area contributed by atoms with Crippen LogP contribution in [-0.2, 0) is 14.8 Å². The van der Waals surface area contributed by atoms with Gasteiger partial charge in [0.15, 0.2) is 0 Å². The van der Waals surface area contributed by atoms with Crippen LogP contribution in [-0.4, -0.2) is 46.9 Å². The summed E-state index contributed by atoms with van der Waals surface area (Å²) in [5.74, 6) is -1.05. The van der Waals surface area contributed by atoms with E-state index in [0.29, 0.717) is 0 Å². The molecule has 2 heterocycles. The molecule has 1 unspecified atom stereocenters. The minimum atomic E-state index is -3.94. The number of hydrogen-bond donors (Lipinski definition) is 3. The molecule has 0 saturated carbocycles. The molecule has 2 aromatic rings. The van der Waals surface area contributed by atoms with Crippen LogP contribution in [0.2, 0.25) is 0 Å². The van der Waals surface area contributed by atoms with Crippen molar-refractivity contribution in [3.05, 3.63) is 39.0 Å². The number of H-pyrrole nitrogens is 2. The van der Waals surface area contributed by atoms with Gasteiger partial charge in [-0.25, -0.2) is 13.2 Å². The number of hydrogen-bond acceptors (Lipinski definition) is 5. The van der Waals surface area contributed by atoms with Gasteiger partial charge in [-0.15, -0.1) is 0 Å². The van der Waals surface area contributed by atoms with Crippen LogP contribution in [0.1, 0.15) is 13.3 Å². The van der Waals surface area contributed by atoms with Gasteiger partial charge >= 0.3 is 11.7 Å². The number of nitrogens with zero attached hydrogens (tertiary/aromatic N) is 1. The largest absolute Gasteiger partial charge is 0.481 e. The molecule has 1 aromatic heterocycles. The first-order chi connectivity index (χ1) is 11.1. The lowest BCUT2D eigenvalue weighted by Crippen LogP contribution is -2.35. The maximum absolute atomic E-state index is 12.7. The van der Waals surface area contributed by atoms with E-state index in [2.05, 4.69) is 4.98 Å². The fourth-order valence-corrected chi connectivity index (χ4v) is 4.34. The molecule has 1 aliphatic rings. The first kappa shape index (κ1) is 16.4. The van der Waals surface area contributed by atoms with Crippen LogP contribution < -0.4 is 11.2 Å². The van der Waals surface area contributed by atoms with Gasteiger partial charge in [-0.2, -0.15) is 4.31 Å². The Kier molecular flexibility index (Phi) is 3.61. The lowest BCUT2D eigenvalue weighted by molar-refractivity contribution is -0.146. The van der Waals surface area contributed by atoms with E-state index >= 15 is 0 Å². The molecule has 0 spiro atoms. The number of carbonyl (C=O) groups is 1. The van der Waals surface area contributed by atoms with Crippen LogP contribution >= 0.6 is 0 Å². The summed E-state index contributed by atoms with van der Waals surface area (Å²) in [5, 5.41) is 9.27. The molecule has 0 radical (unpaired) electrons. The average molecular weight is 353 g/mol. The highest BCUT2D eigenvalue weighted by atomic mass is 32.2. The van der Waals surface area contributed by atoms with E-state index in [1.165, 1.54) is 25.1 Å². The molecule has 10 heteroatoms. The Hall–Kier alpha value is -2.46. The van der Waals surface area contributed by atoms with Crippen LogP contribution in [0.25, 0.3) is 10.9 Å². The van der Waals surface area contributed by atoms with E-state index < -0.39 is 32.7 Å². The third kappa shape index (κ3) is 2.53. The molecule has 3 rings (SSSR count). The SMILES string of the molecule is CC1(C(=O)O)CCN(S(=O)(=O)c2ccc3[nH]c(=O)[nH]c(=O)c3c2)C1. The van der Waals surface area contributed by atoms with E-state index in [1.807, 2.05) is 4.98 Å². The van der Waals surface area contributed by atoms with E-state index in [1.54, 1.807) is 0 Å². The quantitative estimate of drug-likeness (QED) is 0.692. The van der Waals surface area contributed by atoms with Gasteiger partial charge < -0.3 is 10.1 Å². The zero-order valence-corrected chi connectivity index (χ0v) is 13.5. The van der Waals surface area contributed by atoms with Crippen LogP contribution in [0.4, 0.5) is 0 Å². The van der Waals surface area contributed by atoms with Crippen molar-refractivity contribution in [2.45, 2.75) is 18.2 Å². The number of rotatable bonds is 3. The van der Waals surface area contributed by atoms with Crippen LogP contribution in [0.3, 0.4) is 0 Å². The summed E-state index contributed by atoms with van der Waals surface area (Å²) in [5.41, 5.74) is -2.28. The summed E-state index contributed by atoms with van der Waals surface area (Å²) in [7, 11) is -3.94. The van der Waals surface area contributed by atoms with Crippen molar-refractivity contribution < 1.29 is 18.3 Å². The predicted molar refractivity (Wildman–Crippen MR) is 84.3 cm³/mol. The minimum absolute atomic E-state index is 0.0378. The molecule has 9 nitrogen and oxygen atoms in total. The lowest BCUT2D eigenvalue weighted by Gasteiger charge is -2.20. The van der Waals surface area contributed by atoms with Crippen LogP contribution in [0.5, 0.6) is 0 Å². The van der Waals surface area contributed by atoms with Gasteiger partial charge in [0.2, 0.25) is 10.0 Å². The molecule has 1 saturated heterocycles. The summed E-state index contributed by atoms with van der Waals surface area (Å²) >= 11 is 0. The number of fused-ring (bicyclic) bond motifs is 1. The highest BCUT2D eigenvalue weighted by Crippen LogP contribution is 2.33. The summed E-state index contributed by atoms with van der Waals surface area (Å²) in [6.45, 7) is 1.45. The first-order valence-electron chi connectivity index (χ1n) is 7.13. The summed E-state index contributed by atoms with van der Waals surface area (Å²) in [4.78, 5) is 38.7. The zero-order chi connectivity index (χ0) is 17.7. The predicted octanol–water partition coefficient (Wildman–Crippen LogP) is -0.298. The normalized spacial score (nSPS) is 22.0. The Labute approximate surface area is 136 Å². The number of benzene rings is 1. The molecule has 0 amide bonds. The molecular weight excluding hydrogens is 338 g/mol. The highest BCUT2D eigenvalue weighted by molar-refractivity contribution is 7.89. The van der Waals surface area contributed by atoms with Crippen molar-refractivity contribution in [3.8, 4) is 0 Å². The summed E-state index contributed by atoms with van der Waals surface area (Å²) in [6.07, 6.45) is 0.211. The van der Waals surface area contributed by atoms with Crippen molar-refractivity contribution in [1.82, 2.24) is 14.3 Å². The maximum atomic E-state index is 12.7. The van der Waals surface area contributed by atoms with Crippen molar-refractivity contribution in [2.75, 3.05) is 13.1 Å². The molecule has 128 valence electrons. The molecule has 1 aliphatic heterocycles. The second-order valence-corrected chi connectivity index (χ2v) is 8.01. The number of aromatic nitrogens is 2. The van der Waals surface area contributed by atoms with Gasteiger partial charge in [-0.3, -0.25) is 14.6 Å². The molecule has 1 atom stereocenters. The Morgan fingerprint density at radius 3 is 2.62 bits per heavy atom. The minimum Gasteiger partial charge on any atom is -0.481 e. The van der Waals surface area contributed by atoms with Crippen molar-refractivity contribution in [3.63, 3.8) is 0 Å². The van der Waals surface area contributed by atoms with Gasteiger partial charge in [0, 0.05) is 13.1 Å².